The number of primary amides is 1. The van der Waals surface area contributed by atoms with Crippen molar-refractivity contribution in [1.82, 2.24) is 9.55 Å². The minimum atomic E-state index is -0.452. The summed E-state index contributed by atoms with van der Waals surface area (Å²) >= 11 is 2.97. The number of hydrogen-bond acceptors (Lipinski definition) is 5. The number of aryl methyl sites for hydroxylation is 2. The van der Waals surface area contributed by atoms with Crippen molar-refractivity contribution < 1.29 is 9.59 Å². The molecule has 3 N–H and O–H groups in total. The van der Waals surface area contributed by atoms with Crippen LogP contribution in [0.2, 0.25) is 0 Å². The van der Waals surface area contributed by atoms with Crippen LogP contribution in [0.3, 0.4) is 0 Å². The van der Waals surface area contributed by atoms with E-state index in [1.54, 1.807) is 0 Å². The molecular formula is C21H28N4O2S2. The Morgan fingerprint density at radius 1 is 1.21 bits per heavy atom. The smallest absolute Gasteiger partial charge is 0.251 e. The van der Waals surface area contributed by atoms with Crippen molar-refractivity contribution in [3.63, 3.8) is 0 Å². The number of carbonyl (C=O) groups is 2. The van der Waals surface area contributed by atoms with Gasteiger partial charge in [-0.1, -0.05) is 31.0 Å². The summed E-state index contributed by atoms with van der Waals surface area (Å²) in [6, 6.07) is 0.484. The monoisotopic (exact) mass is 432 g/mol. The van der Waals surface area contributed by atoms with E-state index < -0.39 is 5.91 Å². The summed E-state index contributed by atoms with van der Waals surface area (Å²) in [5.41, 5.74) is 9.37. The van der Waals surface area contributed by atoms with E-state index in [4.69, 9.17) is 10.7 Å². The highest BCUT2D eigenvalue weighted by atomic mass is 32.2. The quantitative estimate of drug-likeness (QED) is 0.663. The normalized spacial score (nSPS) is 16.8. The van der Waals surface area contributed by atoms with Crippen molar-refractivity contribution in [3.05, 3.63) is 27.4 Å². The molecule has 0 unspecified atom stereocenters. The Labute approximate surface area is 179 Å². The summed E-state index contributed by atoms with van der Waals surface area (Å²) in [5, 5.41) is 4.46. The van der Waals surface area contributed by atoms with Crippen LogP contribution in [0, 0.1) is 13.8 Å². The van der Waals surface area contributed by atoms with Gasteiger partial charge in [-0.25, -0.2) is 4.98 Å². The molecule has 0 aliphatic heterocycles. The van der Waals surface area contributed by atoms with Gasteiger partial charge < -0.3 is 15.6 Å². The van der Waals surface area contributed by atoms with Gasteiger partial charge in [0.1, 0.15) is 5.00 Å². The molecule has 29 heavy (non-hydrogen) atoms. The van der Waals surface area contributed by atoms with Crippen LogP contribution in [-0.2, 0) is 17.6 Å². The van der Waals surface area contributed by atoms with Crippen LogP contribution in [0.1, 0.15) is 76.8 Å². The molecule has 0 bridgehead atoms. The van der Waals surface area contributed by atoms with Gasteiger partial charge >= 0.3 is 0 Å². The highest BCUT2D eigenvalue weighted by Gasteiger charge is 2.27. The van der Waals surface area contributed by atoms with Gasteiger partial charge in [-0.05, 0) is 51.5 Å². The maximum atomic E-state index is 12.7. The number of thioether (sulfide) groups is 1. The number of imidazole rings is 1. The Morgan fingerprint density at radius 3 is 2.69 bits per heavy atom. The summed E-state index contributed by atoms with van der Waals surface area (Å²) in [4.78, 5) is 30.5. The number of fused-ring (bicyclic) bond motifs is 1. The lowest BCUT2D eigenvalue weighted by molar-refractivity contribution is -0.113. The van der Waals surface area contributed by atoms with Crippen LogP contribution >= 0.6 is 23.1 Å². The van der Waals surface area contributed by atoms with Crippen LogP contribution < -0.4 is 11.1 Å². The molecule has 0 atom stereocenters. The van der Waals surface area contributed by atoms with E-state index in [0.29, 0.717) is 16.6 Å². The SMILES string of the molecule is Cc1nc(SCC(=O)Nc2sc3c(c2C(N)=O)CCC3)n(C2CCCCC2)c1C. The lowest BCUT2D eigenvalue weighted by Gasteiger charge is -2.26. The van der Waals surface area contributed by atoms with Gasteiger partial charge in [0.05, 0.1) is 17.0 Å². The second-order valence-electron chi connectivity index (χ2n) is 7.99. The predicted molar refractivity (Wildman–Crippen MR) is 118 cm³/mol. The summed E-state index contributed by atoms with van der Waals surface area (Å²) < 4.78 is 2.33. The lowest BCUT2D eigenvalue weighted by Crippen LogP contribution is -2.19. The van der Waals surface area contributed by atoms with Gasteiger partial charge in [0.25, 0.3) is 5.91 Å². The number of anilines is 1. The molecule has 0 saturated heterocycles. The molecule has 1 fully saturated rings. The van der Waals surface area contributed by atoms with E-state index in [9.17, 15) is 9.59 Å². The van der Waals surface area contributed by atoms with Crippen LogP contribution in [0.15, 0.2) is 5.16 Å². The summed E-state index contributed by atoms with van der Waals surface area (Å²) in [6.45, 7) is 4.15. The number of thiophene rings is 1. The molecule has 6 nitrogen and oxygen atoms in total. The Morgan fingerprint density at radius 2 is 1.97 bits per heavy atom. The third-order valence-corrected chi connectivity index (χ3v) is 8.21. The van der Waals surface area contributed by atoms with Gasteiger partial charge in [0.2, 0.25) is 5.91 Å². The van der Waals surface area contributed by atoms with Gasteiger partial charge in [0.15, 0.2) is 5.16 Å². The van der Waals surface area contributed by atoms with Gasteiger partial charge in [-0.3, -0.25) is 9.59 Å². The fraction of sp³-hybridized carbons (Fsp3) is 0.571. The van der Waals surface area contributed by atoms with E-state index in [1.165, 1.54) is 65.8 Å². The molecule has 0 spiro atoms. The third-order valence-electron chi connectivity index (χ3n) is 6.05. The summed E-state index contributed by atoms with van der Waals surface area (Å²) in [7, 11) is 0. The molecule has 2 aromatic rings. The van der Waals surface area contributed by atoms with Crippen molar-refractivity contribution in [2.45, 2.75) is 76.4 Å². The maximum Gasteiger partial charge on any atom is 0.251 e. The molecule has 2 aromatic heterocycles. The topological polar surface area (TPSA) is 90.0 Å². The molecule has 0 radical (unpaired) electrons. The van der Waals surface area contributed by atoms with Crippen LogP contribution in [0.4, 0.5) is 5.00 Å². The van der Waals surface area contributed by atoms with E-state index >= 15 is 0 Å². The number of nitrogens with zero attached hydrogens (tertiary/aromatic N) is 2. The first-order valence-corrected chi connectivity index (χ1v) is 12.2. The zero-order valence-electron chi connectivity index (χ0n) is 17.0. The third kappa shape index (κ3) is 4.10. The van der Waals surface area contributed by atoms with Gasteiger partial charge in [-0.2, -0.15) is 0 Å². The average Bonchev–Trinajstić information content (AvgIpc) is 3.34. The largest absolute Gasteiger partial charge is 0.365 e. The van der Waals surface area contributed by atoms with Crippen molar-refractivity contribution in [1.29, 1.82) is 0 Å². The molecule has 8 heteroatoms. The minimum absolute atomic E-state index is 0.120. The highest BCUT2D eigenvalue weighted by molar-refractivity contribution is 7.99. The summed E-state index contributed by atoms with van der Waals surface area (Å²) in [6.07, 6.45) is 9.05. The molecule has 2 heterocycles. The van der Waals surface area contributed by atoms with E-state index in [2.05, 4.69) is 16.8 Å². The molecule has 0 aromatic carbocycles. The number of nitrogens with one attached hydrogen (secondary N) is 1. The maximum absolute atomic E-state index is 12.7. The number of carbonyl (C=O) groups excluding carboxylic acids is 2. The van der Waals surface area contributed by atoms with Gasteiger partial charge in [0, 0.05) is 16.6 Å². The minimum Gasteiger partial charge on any atom is -0.365 e. The summed E-state index contributed by atoms with van der Waals surface area (Å²) in [5.74, 6) is -0.305. The van der Waals surface area contributed by atoms with Crippen LogP contribution in [0.5, 0.6) is 0 Å². The molecule has 4 rings (SSSR count). The first kappa shape index (κ1) is 20.5. The highest BCUT2D eigenvalue weighted by Crippen LogP contribution is 2.39. The van der Waals surface area contributed by atoms with Crippen molar-refractivity contribution >= 4 is 39.9 Å². The number of nitrogens with two attached hydrogens (primary N) is 1. The number of hydrogen-bond donors (Lipinski definition) is 2. The van der Waals surface area contributed by atoms with Crippen LogP contribution in [-0.4, -0.2) is 27.1 Å². The number of rotatable bonds is 6. The standard InChI is InChI=1S/C21H28N4O2S2/c1-12-13(2)25(14-7-4-3-5-8-14)21(23-12)28-11-17(26)24-20-18(19(22)27)15-9-6-10-16(15)29-20/h14H,3-11H2,1-2H3,(H2,22,27)(H,24,26). The lowest BCUT2D eigenvalue weighted by atomic mass is 9.95. The van der Waals surface area contributed by atoms with Crippen molar-refractivity contribution in [2.24, 2.45) is 5.73 Å². The predicted octanol–water partition coefficient (Wildman–Crippen LogP) is 4.39. The Kier molecular flexibility index (Phi) is 6.01. The first-order valence-electron chi connectivity index (χ1n) is 10.4. The molecule has 2 amide bonds. The van der Waals surface area contributed by atoms with Gasteiger partial charge in [-0.15, -0.1) is 11.3 Å². The fourth-order valence-electron chi connectivity index (χ4n) is 4.51. The van der Waals surface area contributed by atoms with Crippen molar-refractivity contribution in [3.8, 4) is 0 Å². The first-order chi connectivity index (χ1) is 14.0. The molecule has 2 aliphatic rings. The molecule has 1 saturated carbocycles. The van der Waals surface area contributed by atoms with Crippen molar-refractivity contribution in [2.75, 3.05) is 11.1 Å². The second-order valence-corrected chi connectivity index (χ2v) is 10.0. The zero-order valence-corrected chi connectivity index (χ0v) is 18.7. The molecule has 156 valence electrons. The fourth-order valence-corrected chi connectivity index (χ4v) is 6.78. The van der Waals surface area contributed by atoms with E-state index in [0.717, 1.165) is 35.7 Å². The van der Waals surface area contributed by atoms with E-state index in [-0.39, 0.29) is 11.7 Å². The average molecular weight is 433 g/mol. The van der Waals surface area contributed by atoms with Crippen LogP contribution in [0.25, 0.3) is 0 Å². The Balaban J connectivity index is 1.46. The number of aromatic nitrogens is 2. The number of amides is 2. The second kappa shape index (κ2) is 8.52. The molecular weight excluding hydrogens is 404 g/mol. The Bertz CT molecular complexity index is 941. The Hall–Kier alpha value is -1.80. The molecule has 2 aliphatic carbocycles. The zero-order chi connectivity index (χ0) is 20.5. The van der Waals surface area contributed by atoms with E-state index in [1.807, 2.05) is 6.92 Å².